The molecule has 0 N–H and O–H groups in total. The number of halogens is 3. The molecule has 1 saturated carbocycles. The summed E-state index contributed by atoms with van der Waals surface area (Å²) in [7, 11) is 5.22. The van der Waals surface area contributed by atoms with Crippen LogP contribution >= 0.6 is 23.2 Å². The largest absolute Gasteiger partial charge is 0.468 e. The van der Waals surface area contributed by atoms with Gasteiger partial charge in [0.15, 0.2) is 0 Å². The van der Waals surface area contributed by atoms with Gasteiger partial charge in [0.1, 0.15) is 18.1 Å². The van der Waals surface area contributed by atoms with E-state index < -0.39 is 34.7 Å². The minimum atomic E-state index is -1.30. The Hall–Kier alpha value is -2.59. The van der Waals surface area contributed by atoms with Gasteiger partial charge in [0.2, 0.25) is 0 Å². The van der Waals surface area contributed by atoms with E-state index in [0.717, 1.165) is 81.9 Å². The highest BCUT2D eigenvalue weighted by Gasteiger charge is 2.70. The number of esters is 1. The second kappa shape index (κ2) is 14.5. The number of anilines is 1. The topological polar surface area (TPSA) is 49.9 Å². The minimum absolute atomic E-state index is 0.0520. The first kappa shape index (κ1) is 33.3. The van der Waals surface area contributed by atoms with Crippen molar-refractivity contribution in [3.63, 3.8) is 0 Å². The number of hydrogen-bond donors (Lipinski definition) is 0. The lowest BCUT2D eigenvalue weighted by Crippen LogP contribution is -2.59. The van der Waals surface area contributed by atoms with Gasteiger partial charge in [0.05, 0.1) is 17.5 Å². The van der Waals surface area contributed by atoms with E-state index in [2.05, 4.69) is 10.8 Å². The molecule has 8 heteroatoms. The summed E-state index contributed by atoms with van der Waals surface area (Å²) in [5.74, 6) is 0.685. The summed E-state index contributed by atoms with van der Waals surface area (Å²) in [6.07, 6.45) is 16.6. The van der Waals surface area contributed by atoms with Crippen molar-refractivity contribution < 1.29 is 18.7 Å². The predicted octanol–water partition coefficient (Wildman–Crippen LogP) is 7.95. The lowest BCUT2D eigenvalue weighted by atomic mass is 9.55. The number of methoxy groups -OCH3 is 1. The molecule has 4 rings (SSSR count). The predicted molar refractivity (Wildman–Crippen MR) is 173 cm³/mol. The fraction of sp³-hybridized carbons (Fsp3) is 0.543. The van der Waals surface area contributed by atoms with E-state index in [0.29, 0.717) is 17.9 Å². The molecule has 0 amide bonds. The number of nitrogens with zero attached hydrogens (tertiary/aromatic N) is 2. The van der Waals surface area contributed by atoms with Crippen molar-refractivity contribution in [2.75, 3.05) is 32.6 Å². The first-order valence-corrected chi connectivity index (χ1v) is 16.1. The van der Waals surface area contributed by atoms with Crippen molar-refractivity contribution in [1.82, 2.24) is 4.90 Å². The van der Waals surface area contributed by atoms with Crippen molar-refractivity contribution in [2.24, 2.45) is 0 Å². The van der Waals surface area contributed by atoms with Crippen LogP contribution in [0.15, 0.2) is 36.4 Å². The van der Waals surface area contributed by atoms with Crippen LogP contribution in [-0.4, -0.2) is 56.5 Å². The number of ether oxygens (including phenoxy) is 1. The Morgan fingerprint density at radius 1 is 1.14 bits per heavy atom. The van der Waals surface area contributed by atoms with Gasteiger partial charge >= 0.3 is 5.97 Å². The third kappa shape index (κ3) is 6.06. The summed E-state index contributed by atoms with van der Waals surface area (Å²) < 4.78 is 21.4. The minimum Gasteiger partial charge on any atom is -0.468 e. The average molecular weight is 630 g/mol. The van der Waals surface area contributed by atoms with Crippen LogP contribution in [0.2, 0.25) is 10.0 Å². The monoisotopic (exact) mass is 628 g/mol. The molecule has 2 aromatic rings. The summed E-state index contributed by atoms with van der Waals surface area (Å²) in [5.41, 5.74) is -0.266. The Balaban J connectivity index is 1.90. The van der Waals surface area contributed by atoms with Gasteiger partial charge in [0, 0.05) is 42.2 Å². The molecule has 2 unspecified atom stereocenters. The Kier molecular flexibility index (Phi) is 11.2. The van der Waals surface area contributed by atoms with Crippen LogP contribution in [0.25, 0.3) is 0 Å². The molecule has 43 heavy (non-hydrogen) atoms. The second-order valence-electron chi connectivity index (χ2n) is 12.1. The van der Waals surface area contributed by atoms with Crippen molar-refractivity contribution in [3.05, 3.63) is 63.4 Å². The highest BCUT2D eigenvalue weighted by Crippen LogP contribution is 2.63. The normalized spacial score (nSPS) is 23.2. The van der Waals surface area contributed by atoms with Crippen LogP contribution < -0.4 is 4.90 Å². The summed E-state index contributed by atoms with van der Waals surface area (Å²) in [5, 5.41) is 0.490. The number of benzene rings is 2. The first-order chi connectivity index (χ1) is 20.7. The van der Waals surface area contributed by atoms with E-state index in [1.807, 2.05) is 31.1 Å². The second-order valence-corrected chi connectivity index (χ2v) is 12.9. The lowest BCUT2D eigenvalue weighted by Gasteiger charge is -2.51. The van der Waals surface area contributed by atoms with Gasteiger partial charge in [-0.3, -0.25) is 9.69 Å². The van der Waals surface area contributed by atoms with Crippen molar-refractivity contribution in [3.8, 4) is 12.3 Å². The highest BCUT2D eigenvalue weighted by atomic mass is 35.5. The zero-order chi connectivity index (χ0) is 31.2. The standard InChI is InChI=1S/C35H43Cl2FN2O3/c1-5-6-7-8-9-10-14-22-39(2)29-23-25(36)18-19-27(29)35(24-41)30(26-16-15-17-28(37)31(26)38)32(33(42)43-4)40(3)34(35)20-12-11-13-21-34/h1,15-19,23-24,30,32H,6-14,20-22H2,2-4H3/t30?,32-,35?/m1/s1. The van der Waals surface area contributed by atoms with Crippen molar-refractivity contribution in [2.45, 2.75) is 93.5 Å². The number of likely N-dealkylation sites (tertiary alicyclic amines) is 1. The molecule has 2 aromatic carbocycles. The smallest absolute Gasteiger partial charge is 0.323 e. The van der Waals surface area contributed by atoms with Crippen LogP contribution in [0.4, 0.5) is 10.1 Å². The van der Waals surface area contributed by atoms with Crippen molar-refractivity contribution in [1.29, 1.82) is 0 Å². The Morgan fingerprint density at radius 2 is 1.84 bits per heavy atom. The maximum absolute atomic E-state index is 16.1. The number of unbranched alkanes of at least 4 members (excludes halogenated alkanes) is 5. The molecule has 1 aliphatic heterocycles. The fourth-order valence-corrected chi connectivity index (χ4v) is 8.22. The summed E-state index contributed by atoms with van der Waals surface area (Å²) >= 11 is 12.9. The molecular formula is C35H43Cl2FN2O3. The van der Waals surface area contributed by atoms with Crippen LogP contribution in [0.3, 0.4) is 0 Å². The van der Waals surface area contributed by atoms with E-state index in [1.54, 1.807) is 18.2 Å². The third-order valence-corrected chi connectivity index (χ3v) is 10.5. The summed E-state index contributed by atoms with van der Waals surface area (Å²) in [4.78, 5) is 31.8. The molecule has 1 heterocycles. The van der Waals surface area contributed by atoms with E-state index in [1.165, 1.54) is 13.2 Å². The fourth-order valence-electron chi connectivity index (χ4n) is 7.88. The molecule has 232 valence electrons. The van der Waals surface area contributed by atoms with E-state index >= 15 is 4.39 Å². The van der Waals surface area contributed by atoms with E-state index in [-0.39, 0.29) is 10.6 Å². The quantitative estimate of drug-likeness (QED) is 0.103. The van der Waals surface area contributed by atoms with Gasteiger partial charge in [-0.25, -0.2) is 4.39 Å². The lowest BCUT2D eigenvalue weighted by molar-refractivity contribution is -0.147. The number of rotatable bonds is 12. The molecule has 3 atom stereocenters. The van der Waals surface area contributed by atoms with Gasteiger partial charge < -0.3 is 14.4 Å². The Bertz CT molecular complexity index is 1340. The maximum atomic E-state index is 16.1. The molecule has 2 aliphatic rings. The van der Waals surface area contributed by atoms with Gasteiger partial charge in [-0.05, 0) is 62.1 Å². The number of carbonyl (C=O) groups is 2. The molecule has 5 nitrogen and oxygen atoms in total. The molecule has 1 aliphatic carbocycles. The van der Waals surface area contributed by atoms with Crippen LogP contribution in [0.1, 0.15) is 87.7 Å². The molecule has 2 fully saturated rings. The Labute approximate surface area is 266 Å². The summed E-state index contributed by atoms with van der Waals surface area (Å²) in [6, 6.07) is 9.49. The molecular weight excluding hydrogens is 586 g/mol. The number of likely N-dealkylation sites (N-methyl/N-ethyl adjacent to an activating group) is 1. The molecule has 1 saturated heterocycles. The highest BCUT2D eigenvalue weighted by molar-refractivity contribution is 6.31. The SMILES string of the molecule is C#CCCCCCCCN(C)c1cc(Cl)ccc1C1(C=O)C(c2cccc(Cl)c2F)[C@H](C(=O)OC)N(C)C12CCCCC2. The number of aldehydes is 1. The van der Waals surface area contributed by atoms with Crippen molar-refractivity contribution >= 4 is 41.1 Å². The van der Waals surface area contributed by atoms with Crippen LogP contribution in [-0.2, 0) is 19.7 Å². The third-order valence-electron chi connectivity index (χ3n) is 9.93. The average Bonchev–Trinajstić information content (AvgIpc) is 3.21. The zero-order valence-electron chi connectivity index (χ0n) is 25.5. The van der Waals surface area contributed by atoms with Crippen LogP contribution in [0, 0.1) is 18.2 Å². The van der Waals surface area contributed by atoms with Crippen LogP contribution in [0.5, 0.6) is 0 Å². The number of terminal acetylenes is 1. The van der Waals surface area contributed by atoms with Gasteiger partial charge in [-0.2, -0.15) is 0 Å². The molecule has 0 radical (unpaired) electrons. The maximum Gasteiger partial charge on any atom is 0.323 e. The van der Waals surface area contributed by atoms with E-state index in [9.17, 15) is 9.59 Å². The number of hydrogen-bond acceptors (Lipinski definition) is 5. The molecule has 0 bridgehead atoms. The van der Waals surface area contributed by atoms with Gasteiger partial charge in [-0.1, -0.05) is 79.9 Å². The van der Waals surface area contributed by atoms with Gasteiger partial charge in [-0.15, -0.1) is 12.3 Å². The molecule has 1 spiro atoms. The van der Waals surface area contributed by atoms with Gasteiger partial charge in [0.25, 0.3) is 0 Å². The first-order valence-electron chi connectivity index (χ1n) is 15.4. The molecule has 0 aromatic heterocycles. The number of carbonyl (C=O) groups excluding carboxylic acids is 2. The zero-order valence-corrected chi connectivity index (χ0v) is 27.0. The van der Waals surface area contributed by atoms with E-state index in [4.69, 9.17) is 34.4 Å². The Morgan fingerprint density at radius 3 is 2.51 bits per heavy atom. The summed E-state index contributed by atoms with van der Waals surface area (Å²) in [6.45, 7) is 0.747.